The van der Waals surface area contributed by atoms with Crippen LogP contribution in [0.5, 0.6) is 0 Å². The molecule has 6 heteroatoms. The highest BCUT2D eigenvalue weighted by molar-refractivity contribution is 6.01. The number of rotatable bonds is 5. The molecule has 0 bridgehead atoms. The van der Waals surface area contributed by atoms with E-state index in [4.69, 9.17) is 14.2 Å². The van der Waals surface area contributed by atoms with Crippen molar-refractivity contribution in [2.24, 2.45) is 0 Å². The molecule has 0 aromatic heterocycles. The standard InChI is InChI=1S/C11H19NO5/c1-11(15-2,16-3)9(13)8-10(14)12-4-6-17-7-5-12/h4-8H2,1-3H3. The van der Waals surface area contributed by atoms with Crippen LogP contribution in [0.25, 0.3) is 0 Å². The van der Waals surface area contributed by atoms with E-state index in [1.165, 1.54) is 21.1 Å². The maximum Gasteiger partial charge on any atom is 0.230 e. The maximum atomic E-state index is 11.9. The van der Waals surface area contributed by atoms with E-state index in [1.807, 2.05) is 0 Å². The molecule has 6 nitrogen and oxygen atoms in total. The van der Waals surface area contributed by atoms with Crippen molar-refractivity contribution in [1.82, 2.24) is 4.90 Å². The van der Waals surface area contributed by atoms with Gasteiger partial charge in [-0.3, -0.25) is 9.59 Å². The highest BCUT2D eigenvalue weighted by Gasteiger charge is 2.35. The zero-order chi connectivity index (χ0) is 12.9. The van der Waals surface area contributed by atoms with Gasteiger partial charge in [0.05, 0.1) is 19.6 Å². The van der Waals surface area contributed by atoms with Crippen molar-refractivity contribution in [3.8, 4) is 0 Å². The highest BCUT2D eigenvalue weighted by atomic mass is 16.7. The summed E-state index contributed by atoms with van der Waals surface area (Å²) in [4.78, 5) is 25.3. The van der Waals surface area contributed by atoms with Crippen LogP contribution in [-0.2, 0) is 23.8 Å². The number of ketones is 1. The molecule has 1 amide bonds. The number of hydrogen-bond acceptors (Lipinski definition) is 5. The molecule has 1 aliphatic heterocycles. The quantitative estimate of drug-likeness (QED) is 0.496. The normalized spacial score (nSPS) is 17.0. The van der Waals surface area contributed by atoms with Crippen LogP contribution < -0.4 is 0 Å². The Morgan fingerprint density at radius 2 is 1.76 bits per heavy atom. The molecule has 1 saturated heterocycles. The molecule has 0 unspecified atom stereocenters. The molecule has 1 heterocycles. The van der Waals surface area contributed by atoms with E-state index in [9.17, 15) is 9.59 Å². The SMILES string of the molecule is COC(C)(OC)C(=O)CC(=O)N1CCOCC1. The van der Waals surface area contributed by atoms with E-state index < -0.39 is 5.79 Å². The molecule has 1 aliphatic rings. The monoisotopic (exact) mass is 245 g/mol. The molecule has 0 aliphatic carbocycles. The fraction of sp³-hybridized carbons (Fsp3) is 0.818. The lowest BCUT2D eigenvalue weighted by atomic mass is 10.1. The molecular weight excluding hydrogens is 226 g/mol. The second kappa shape index (κ2) is 6.09. The van der Waals surface area contributed by atoms with Gasteiger partial charge in [-0.25, -0.2) is 0 Å². The largest absolute Gasteiger partial charge is 0.378 e. The Bertz CT molecular complexity index is 282. The highest BCUT2D eigenvalue weighted by Crippen LogP contribution is 2.14. The van der Waals surface area contributed by atoms with Crippen LogP contribution in [0.4, 0.5) is 0 Å². The average Bonchev–Trinajstić information content (AvgIpc) is 2.38. The number of ether oxygens (including phenoxy) is 3. The van der Waals surface area contributed by atoms with Crippen LogP contribution in [0.1, 0.15) is 13.3 Å². The summed E-state index contributed by atoms with van der Waals surface area (Å²) in [6.07, 6.45) is -0.210. The Hall–Kier alpha value is -0.980. The number of amides is 1. The van der Waals surface area contributed by atoms with Gasteiger partial charge in [0.25, 0.3) is 0 Å². The van der Waals surface area contributed by atoms with Gasteiger partial charge in [-0.1, -0.05) is 0 Å². The molecule has 1 rings (SSSR count). The van der Waals surface area contributed by atoms with Gasteiger partial charge in [0.2, 0.25) is 17.5 Å². The van der Waals surface area contributed by atoms with Crippen molar-refractivity contribution >= 4 is 11.7 Å². The number of carbonyl (C=O) groups is 2. The smallest absolute Gasteiger partial charge is 0.230 e. The zero-order valence-corrected chi connectivity index (χ0v) is 10.5. The number of Topliss-reactive ketones (excluding diaryl/α,β-unsaturated/α-hetero) is 1. The molecule has 0 atom stereocenters. The number of methoxy groups -OCH3 is 2. The first-order chi connectivity index (χ1) is 8.03. The van der Waals surface area contributed by atoms with E-state index in [0.29, 0.717) is 26.3 Å². The molecule has 0 N–H and O–H groups in total. The topological polar surface area (TPSA) is 65.1 Å². The first-order valence-corrected chi connectivity index (χ1v) is 5.52. The third kappa shape index (κ3) is 3.49. The molecule has 0 spiro atoms. The fourth-order valence-electron chi connectivity index (χ4n) is 1.53. The molecule has 0 radical (unpaired) electrons. The number of carbonyl (C=O) groups excluding carboxylic acids is 2. The fourth-order valence-corrected chi connectivity index (χ4v) is 1.53. The summed E-state index contributed by atoms with van der Waals surface area (Å²) in [6.45, 7) is 3.60. The van der Waals surface area contributed by atoms with E-state index in [-0.39, 0.29) is 18.1 Å². The summed E-state index contributed by atoms with van der Waals surface area (Å²) in [5.41, 5.74) is 0. The Balaban J connectivity index is 2.52. The lowest BCUT2D eigenvalue weighted by Gasteiger charge is -2.29. The Morgan fingerprint density at radius 3 is 2.24 bits per heavy atom. The van der Waals surface area contributed by atoms with Crippen molar-refractivity contribution in [3.05, 3.63) is 0 Å². The summed E-state index contributed by atoms with van der Waals surface area (Å²) in [6, 6.07) is 0. The van der Waals surface area contributed by atoms with Gasteiger partial charge in [0.1, 0.15) is 0 Å². The third-order valence-electron chi connectivity index (χ3n) is 2.96. The Morgan fingerprint density at radius 1 is 1.24 bits per heavy atom. The van der Waals surface area contributed by atoms with E-state index in [2.05, 4.69) is 0 Å². The number of hydrogen-bond donors (Lipinski definition) is 0. The zero-order valence-electron chi connectivity index (χ0n) is 10.5. The van der Waals surface area contributed by atoms with Crippen LogP contribution in [0.3, 0.4) is 0 Å². The van der Waals surface area contributed by atoms with Crippen LogP contribution in [0, 0.1) is 0 Å². The first kappa shape index (κ1) is 14.1. The average molecular weight is 245 g/mol. The van der Waals surface area contributed by atoms with Crippen molar-refractivity contribution in [1.29, 1.82) is 0 Å². The molecule has 0 aromatic carbocycles. The minimum atomic E-state index is -1.35. The summed E-state index contributed by atoms with van der Waals surface area (Å²) < 4.78 is 15.1. The van der Waals surface area contributed by atoms with Crippen molar-refractivity contribution in [2.45, 2.75) is 19.1 Å². The van der Waals surface area contributed by atoms with Gasteiger partial charge in [-0.2, -0.15) is 0 Å². The van der Waals surface area contributed by atoms with Gasteiger partial charge in [-0.15, -0.1) is 0 Å². The van der Waals surface area contributed by atoms with E-state index in [1.54, 1.807) is 4.90 Å². The molecule has 0 aromatic rings. The summed E-state index contributed by atoms with van der Waals surface area (Å²) >= 11 is 0. The predicted molar refractivity (Wildman–Crippen MR) is 59.4 cm³/mol. The second-order valence-corrected chi connectivity index (χ2v) is 3.95. The van der Waals surface area contributed by atoms with Crippen LogP contribution in [0.15, 0.2) is 0 Å². The lowest BCUT2D eigenvalue weighted by molar-refractivity contribution is -0.199. The Labute approximate surface area is 101 Å². The minimum absolute atomic E-state index is 0.210. The predicted octanol–water partition coefficient (Wildman–Crippen LogP) is -0.187. The van der Waals surface area contributed by atoms with Crippen LogP contribution in [0.2, 0.25) is 0 Å². The van der Waals surface area contributed by atoms with Gasteiger partial charge in [0, 0.05) is 27.3 Å². The van der Waals surface area contributed by atoms with Gasteiger partial charge in [-0.05, 0) is 6.92 Å². The van der Waals surface area contributed by atoms with E-state index >= 15 is 0 Å². The molecule has 17 heavy (non-hydrogen) atoms. The summed E-state index contributed by atoms with van der Waals surface area (Å²) in [7, 11) is 2.75. The van der Waals surface area contributed by atoms with Gasteiger partial charge in [0.15, 0.2) is 0 Å². The summed E-state index contributed by atoms with van der Waals surface area (Å²) in [5.74, 6) is -1.93. The van der Waals surface area contributed by atoms with Gasteiger partial charge < -0.3 is 19.1 Å². The minimum Gasteiger partial charge on any atom is -0.378 e. The number of morpholine rings is 1. The van der Waals surface area contributed by atoms with Crippen molar-refractivity contribution < 1.29 is 23.8 Å². The molecule has 98 valence electrons. The van der Waals surface area contributed by atoms with Gasteiger partial charge >= 0.3 is 0 Å². The number of nitrogens with zero attached hydrogens (tertiary/aromatic N) is 1. The summed E-state index contributed by atoms with van der Waals surface area (Å²) in [5, 5.41) is 0. The van der Waals surface area contributed by atoms with Crippen LogP contribution >= 0.6 is 0 Å². The molecular formula is C11H19NO5. The molecule has 0 saturated carbocycles. The lowest BCUT2D eigenvalue weighted by Crippen LogP contribution is -2.45. The van der Waals surface area contributed by atoms with E-state index in [0.717, 1.165) is 0 Å². The van der Waals surface area contributed by atoms with Crippen molar-refractivity contribution in [2.75, 3.05) is 40.5 Å². The maximum absolute atomic E-state index is 11.9. The van der Waals surface area contributed by atoms with Crippen molar-refractivity contribution in [3.63, 3.8) is 0 Å². The first-order valence-electron chi connectivity index (χ1n) is 5.52. The van der Waals surface area contributed by atoms with Crippen LogP contribution in [-0.4, -0.2) is 62.9 Å². The third-order valence-corrected chi connectivity index (χ3v) is 2.96. The Kier molecular flexibility index (Phi) is 5.04. The molecule has 1 fully saturated rings. The second-order valence-electron chi connectivity index (χ2n) is 3.95.